The van der Waals surface area contributed by atoms with Crippen molar-refractivity contribution in [2.75, 3.05) is 6.61 Å². The van der Waals surface area contributed by atoms with Crippen LogP contribution in [0.4, 0.5) is 0 Å². The fraction of sp³-hybridized carbons (Fsp3) is 0.308. The molecular weight excluding hydrogens is 370 g/mol. The molecule has 0 bridgehead atoms. The fourth-order valence-electron chi connectivity index (χ4n) is 4.46. The van der Waals surface area contributed by atoms with Crippen molar-refractivity contribution >= 4 is 10.9 Å². The second-order valence-corrected chi connectivity index (χ2v) is 7.90. The van der Waals surface area contributed by atoms with Gasteiger partial charge in [0.05, 0.1) is 12.1 Å². The molecule has 0 amide bonds. The Bertz CT molecular complexity index is 1160. The molecular formula is C26H27N3O. The molecule has 5 rings (SSSR count). The molecule has 152 valence electrons. The summed E-state index contributed by atoms with van der Waals surface area (Å²) in [5.74, 6) is 1.55. The highest BCUT2D eigenvalue weighted by Crippen LogP contribution is 2.30. The van der Waals surface area contributed by atoms with Gasteiger partial charge in [0.1, 0.15) is 0 Å². The number of nitrogens with zero attached hydrogens (tertiary/aromatic N) is 3. The van der Waals surface area contributed by atoms with E-state index >= 15 is 0 Å². The van der Waals surface area contributed by atoms with Gasteiger partial charge in [0.15, 0.2) is 0 Å². The molecule has 0 fully saturated rings. The number of hydrogen-bond donors (Lipinski definition) is 0. The third-order valence-corrected chi connectivity index (χ3v) is 5.92. The molecule has 0 saturated carbocycles. The summed E-state index contributed by atoms with van der Waals surface area (Å²) in [6, 6.07) is 21.1. The molecule has 1 aliphatic carbocycles. The summed E-state index contributed by atoms with van der Waals surface area (Å²) in [6.45, 7) is 2.63. The van der Waals surface area contributed by atoms with E-state index in [4.69, 9.17) is 14.7 Å². The lowest BCUT2D eigenvalue weighted by molar-refractivity contribution is 0.321. The average molecular weight is 398 g/mol. The molecule has 4 heteroatoms. The maximum Gasteiger partial charge on any atom is 0.237 e. The Morgan fingerprint density at radius 2 is 1.70 bits per heavy atom. The fourth-order valence-corrected chi connectivity index (χ4v) is 4.46. The van der Waals surface area contributed by atoms with Gasteiger partial charge in [-0.25, -0.2) is 14.5 Å². The molecule has 2 heterocycles. The summed E-state index contributed by atoms with van der Waals surface area (Å²) >= 11 is 0. The van der Waals surface area contributed by atoms with E-state index in [0.717, 1.165) is 48.4 Å². The first-order valence-corrected chi connectivity index (χ1v) is 11.0. The molecule has 0 aliphatic heterocycles. The van der Waals surface area contributed by atoms with Gasteiger partial charge in [0, 0.05) is 22.8 Å². The number of fused-ring (bicyclic) bond motifs is 2. The van der Waals surface area contributed by atoms with E-state index in [1.807, 2.05) is 6.92 Å². The van der Waals surface area contributed by atoms with E-state index in [-0.39, 0.29) is 0 Å². The lowest BCUT2D eigenvalue weighted by atomic mass is 9.92. The van der Waals surface area contributed by atoms with Crippen LogP contribution in [0.1, 0.15) is 42.3 Å². The van der Waals surface area contributed by atoms with Crippen molar-refractivity contribution in [2.24, 2.45) is 0 Å². The van der Waals surface area contributed by atoms with Crippen LogP contribution in [0.2, 0.25) is 0 Å². The maximum atomic E-state index is 5.97. The Hall–Kier alpha value is -3.14. The van der Waals surface area contributed by atoms with Gasteiger partial charge in [-0.15, -0.1) is 0 Å². The number of hydrogen-bond acceptors (Lipinski definition) is 3. The minimum absolute atomic E-state index is 0.613. The van der Waals surface area contributed by atoms with E-state index in [2.05, 4.69) is 65.2 Å². The second-order valence-electron chi connectivity index (χ2n) is 7.90. The van der Waals surface area contributed by atoms with Crippen molar-refractivity contribution in [3.8, 4) is 11.8 Å². The summed E-state index contributed by atoms with van der Waals surface area (Å²) in [4.78, 5) is 10.1. The van der Waals surface area contributed by atoms with Crippen LogP contribution >= 0.6 is 0 Å². The van der Waals surface area contributed by atoms with Gasteiger partial charge in [0.2, 0.25) is 11.8 Å². The van der Waals surface area contributed by atoms with Crippen molar-refractivity contribution in [3.63, 3.8) is 0 Å². The molecule has 0 spiro atoms. The predicted molar refractivity (Wildman–Crippen MR) is 121 cm³/mol. The molecule has 4 nitrogen and oxygen atoms in total. The number of aryl methyl sites for hydroxylation is 3. The standard InChI is InChI=1S/C26H27N3O/c1-2-30-25-18-20-12-6-9-15-24(20)29(25)26-27-22-14-8-7-13-21(22)23(28-26)17-16-19-10-4-3-5-11-19/h3-6,9-12,15,18H,2,7-8,13-14,16-17H2,1H3. The van der Waals surface area contributed by atoms with Crippen LogP contribution in [0.3, 0.4) is 0 Å². The highest BCUT2D eigenvalue weighted by molar-refractivity contribution is 5.83. The quantitative estimate of drug-likeness (QED) is 0.432. The van der Waals surface area contributed by atoms with Crippen LogP contribution in [0.5, 0.6) is 5.88 Å². The molecule has 1 aliphatic rings. The van der Waals surface area contributed by atoms with Gasteiger partial charge in [0.25, 0.3) is 0 Å². The molecule has 30 heavy (non-hydrogen) atoms. The third-order valence-electron chi connectivity index (χ3n) is 5.92. The lowest BCUT2D eigenvalue weighted by Crippen LogP contribution is -2.16. The van der Waals surface area contributed by atoms with E-state index in [9.17, 15) is 0 Å². The Morgan fingerprint density at radius 3 is 2.57 bits per heavy atom. The first-order valence-electron chi connectivity index (χ1n) is 11.0. The Labute approximate surface area is 177 Å². The molecule has 0 unspecified atom stereocenters. The second kappa shape index (κ2) is 8.31. The smallest absolute Gasteiger partial charge is 0.237 e. The average Bonchev–Trinajstić information content (AvgIpc) is 3.16. The maximum absolute atomic E-state index is 5.97. The first kappa shape index (κ1) is 18.9. The molecule has 2 aromatic carbocycles. The van der Waals surface area contributed by atoms with Crippen LogP contribution in [0.15, 0.2) is 60.7 Å². The predicted octanol–water partition coefficient (Wildman–Crippen LogP) is 5.48. The van der Waals surface area contributed by atoms with Crippen LogP contribution in [-0.4, -0.2) is 21.1 Å². The highest BCUT2D eigenvalue weighted by Gasteiger charge is 2.21. The molecule has 2 aromatic heterocycles. The SMILES string of the molecule is CCOc1cc2ccccc2n1-c1nc2c(c(CCc3ccccc3)n1)CCCC2. The minimum Gasteiger partial charge on any atom is -0.479 e. The zero-order chi connectivity index (χ0) is 20.3. The summed E-state index contributed by atoms with van der Waals surface area (Å²) < 4.78 is 8.06. The van der Waals surface area contributed by atoms with Gasteiger partial charge in [-0.3, -0.25) is 0 Å². The molecule has 4 aromatic rings. The number of para-hydroxylation sites is 1. The van der Waals surface area contributed by atoms with Crippen molar-refractivity contribution in [3.05, 3.63) is 83.2 Å². The van der Waals surface area contributed by atoms with E-state index in [1.54, 1.807) is 0 Å². The third kappa shape index (κ3) is 3.58. The Morgan fingerprint density at radius 1 is 0.900 bits per heavy atom. The van der Waals surface area contributed by atoms with Gasteiger partial charge in [-0.05, 0) is 62.6 Å². The van der Waals surface area contributed by atoms with Gasteiger partial charge >= 0.3 is 0 Å². The van der Waals surface area contributed by atoms with E-state index in [0.29, 0.717) is 6.61 Å². The number of benzene rings is 2. The zero-order valence-electron chi connectivity index (χ0n) is 17.5. The summed E-state index contributed by atoms with van der Waals surface area (Å²) in [7, 11) is 0. The number of aromatic nitrogens is 3. The van der Waals surface area contributed by atoms with Crippen molar-refractivity contribution in [1.82, 2.24) is 14.5 Å². The Kier molecular flexibility index (Phi) is 5.22. The van der Waals surface area contributed by atoms with E-state index in [1.165, 1.54) is 35.4 Å². The minimum atomic E-state index is 0.613. The van der Waals surface area contributed by atoms with Crippen molar-refractivity contribution in [2.45, 2.75) is 45.4 Å². The zero-order valence-corrected chi connectivity index (χ0v) is 17.5. The van der Waals surface area contributed by atoms with Crippen LogP contribution in [0.25, 0.3) is 16.9 Å². The summed E-state index contributed by atoms with van der Waals surface area (Å²) in [6.07, 6.45) is 6.48. The molecule has 0 saturated heterocycles. The van der Waals surface area contributed by atoms with Crippen LogP contribution < -0.4 is 4.74 Å². The Balaban J connectivity index is 1.61. The van der Waals surface area contributed by atoms with Crippen LogP contribution in [-0.2, 0) is 25.7 Å². The van der Waals surface area contributed by atoms with E-state index < -0.39 is 0 Å². The van der Waals surface area contributed by atoms with Crippen LogP contribution in [0, 0.1) is 0 Å². The lowest BCUT2D eigenvalue weighted by Gasteiger charge is -2.20. The van der Waals surface area contributed by atoms with Crippen molar-refractivity contribution < 1.29 is 4.74 Å². The molecule has 0 radical (unpaired) electrons. The number of rotatable bonds is 6. The van der Waals surface area contributed by atoms with Gasteiger partial charge < -0.3 is 4.74 Å². The summed E-state index contributed by atoms with van der Waals surface area (Å²) in [5, 5.41) is 1.15. The highest BCUT2D eigenvalue weighted by atomic mass is 16.5. The monoisotopic (exact) mass is 397 g/mol. The number of ether oxygens (including phenoxy) is 1. The normalized spacial score (nSPS) is 13.4. The first-order chi connectivity index (χ1) is 14.8. The van der Waals surface area contributed by atoms with Crippen molar-refractivity contribution in [1.29, 1.82) is 0 Å². The largest absolute Gasteiger partial charge is 0.479 e. The van der Waals surface area contributed by atoms with Gasteiger partial charge in [-0.1, -0.05) is 48.5 Å². The van der Waals surface area contributed by atoms with Gasteiger partial charge in [-0.2, -0.15) is 0 Å². The topological polar surface area (TPSA) is 39.9 Å². The molecule has 0 atom stereocenters. The summed E-state index contributed by atoms with van der Waals surface area (Å²) in [5.41, 5.74) is 6.22. The molecule has 0 N–H and O–H groups in total.